The van der Waals surface area contributed by atoms with Crippen LogP contribution in [0.5, 0.6) is 0 Å². The van der Waals surface area contributed by atoms with Crippen molar-refractivity contribution in [2.24, 2.45) is 0 Å². The summed E-state index contributed by atoms with van der Waals surface area (Å²) in [6.45, 7) is 4.18. The Hall–Kier alpha value is -3.15. The fourth-order valence-corrected chi connectivity index (χ4v) is 3.27. The molecule has 27 heavy (non-hydrogen) atoms. The van der Waals surface area contributed by atoms with Gasteiger partial charge in [0.1, 0.15) is 0 Å². The molecule has 0 saturated heterocycles. The van der Waals surface area contributed by atoms with Gasteiger partial charge in [0.2, 0.25) is 5.91 Å². The van der Waals surface area contributed by atoms with Gasteiger partial charge in [-0.25, -0.2) is 4.79 Å². The Balaban J connectivity index is 1.88. The smallest absolute Gasteiger partial charge is 0.335 e. The van der Waals surface area contributed by atoms with E-state index in [9.17, 15) is 14.4 Å². The molecule has 0 radical (unpaired) electrons. The molecular weight excluding hydrogens is 344 g/mol. The molecule has 0 spiro atoms. The fraction of sp³-hybridized carbons (Fsp3) is 0.286. The van der Waals surface area contributed by atoms with E-state index in [0.717, 1.165) is 17.7 Å². The summed E-state index contributed by atoms with van der Waals surface area (Å²) in [6.07, 6.45) is 1.22. The molecule has 3 rings (SSSR count). The third-order valence-electron chi connectivity index (χ3n) is 5.08. The number of carboxylic acid groups (broad SMARTS) is 1. The Morgan fingerprint density at radius 2 is 1.70 bits per heavy atom. The van der Waals surface area contributed by atoms with Crippen molar-refractivity contribution in [3.63, 3.8) is 0 Å². The van der Waals surface area contributed by atoms with E-state index in [1.165, 1.54) is 24.3 Å². The molecule has 0 fully saturated rings. The second-order valence-corrected chi connectivity index (χ2v) is 7.41. The van der Waals surface area contributed by atoms with Gasteiger partial charge in [-0.05, 0) is 59.9 Å². The molecule has 0 saturated carbocycles. The molecule has 1 aliphatic rings. The van der Waals surface area contributed by atoms with Crippen molar-refractivity contribution in [3.8, 4) is 0 Å². The van der Waals surface area contributed by atoms with E-state index in [1.807, 2.05) is 12.1 Å². The molecule has 2 N–H and O–H groups in total. The van der Waals surface area contributed by atoms with E-state index >= 15 is 0 Å². The predicted molar refractivity (Wildman–Crippen MR) is 103 cm³/mol. The largest absolute Gasteiger partial charge is 0.478 e. The molecule has 0 aromatic heterocycles. The summed E-state index contributed by atoms with van der Waals surface area (Å²) in [6, 6.07) is 11.3. The lowest BCUT2D eigenvalue weighted by Gasteiger charge is -2.27. The number of fused-ring (bicyclic) bond motifs is 1. The zero-order chi connectivity index (χ0) is 19.8. The second kappa shape index (κ2) is 6.87. The monoisotopic (exact) mass is 366 g/mol. The third kappa shape index (κ3) is 3.69. The summed E-state index contributed by atoms with van der Waals surface area (Å²) in [7, 11) is 1.77. The van der Waals surface area contributed by atoms with Crippen LogP contribution in [-0.2, 0) is 10.2 Å². The highest BCUT2D eigenvalue weighted by atomic mass is 16.4. The number of carboxylic acids is 1. The van der Waals surface area contributed by atoms with Crippen LogP contribution in [0.1, 0.15) is 53.0 Å². The van der Waals surface area contributed by atoms with Crippen molar-refractivity contribution in [2.45, 2.75) is 32.1 Å². The Kier molecular flexibility index (Phi) is 4.74. The van der Waals surface area contributed by atoms with Gasteiger partial charge in [0.25, 0.3) is 5.91 Å². The Bertz CT molecular complexity index is 916. The van der Waals surface area contributed by atoms with Crippen LogP contribution in [0.25, 0.3) is 0 Å². The van der Waals surface area contributed by atoms with Crippen molar-refractivity contribution in [2.75, 3.05) is 17.3 Å². The van der Waals surface area contributed by atoms with Gasteiger partial charge in [0, 0.05) is 30.4 Å². The lowest BCUT2D eigenvalue weighted by atomic mass is 9.80. The molecule has 2 aromatic carbocycles. The molecular formula is C21H22N2O4. The molecule has 6 nitrogen and oxygen atoms in total. The van der Waals surface area contributed by atoms with Gasteiger partial charge in [0.05, 0.1) is 5.56 Å². The molecule has 6 heteroatoms. The van der Waals surface area contributed by atoms with Gasteiger partial charge < -0.3 is 15.3 Å². The molecule has 1 aliphatic heterocycles. The molecule has 2 aromatic rings. The quantitative estimate of drug-likeness (QED) is 0.868. The highest BCUT2D eigenvalue weighted by molar-refractivity contribution is 6.05. The van der Waals surface area contributed by atoms with E-state index in [0.29, 0.717) is 17.7 Å². The van der Waals surface area contributed by atoms with E-state index in [4.69, 9.17) is 5.11 Å². The lowest BCUT2D eigenvalue weighted by molar-refractivity contribution is -0.118. The topological polar surface area (TPSA) is 86.7 Å². The summed E-state index contributed by atoms with van der Waals surface area (Å²) < 4.78 is 0. The number of carbonyl (C=O) groups is 3. The molecule has 140 valence electrons. The van der Waals surface area contributed by atoms with E-state index in [1.54, 1.807) is 18.0 Å². The molecule has 0 bridgehead atoms. The normalized spacial score (nSPS) is 15.7. The minimum atomic E-state index is -1.03. The number of aromatic carboxylic acids is 1. The standard InChI is InChI=1S/C21H22N2O4/c1-21(2)11-10-18(24)23(3)17-9-8-15(12-16(17)21)22-19(25)13-4-6-14(7-5-13)20(26)27/h4-9,12H,10-11H2,1-3H3,(H,22,25)(H,26,27). The first kappa shape index (κ1) is 18.6. The summed E-state index contributed by atoms with van der Waals surface area (Å²) in [4.78, 5) is 37.3. The van der Waals surface area contributed by atoms with Crippen molar-refractivity contribution in [1.29, 1.82) is 0 Å². The van der Waals surface area contributed by atoms with Crippen molar-refractivity contribution in [3.05, 3.63) is 59.2 Å². The van der Waals surface area contributed by atoms with Crippen LogP contribution in [0, 0.1) is 0 Å². The van der Waals surface area contributed by atoms with Crippen molar-refractivity contribution < 1.29 is 19.5 Å². The van der Waals surface area contributed by atoms with Gasteiger partial charge >= 0.3 is 5.97 Å². The summed E-state index contributed by atoms with van der Waals surface area (Å²) in [5.41, 5.74) is 2.81. The third-order valence-corrected chi connectivity index (χ3v) is 5.08. The van der Waals surface area contributed by atoms with Crippen LogP contribution >= 0.6 is 0 Å². The first-order valence-electron chi connectivity index (χ1n) is 8.75. The van der Waals surface area contributed by atoms with E-state index in [-0.39, 0.29) is 22.8 Å². The average Bonchev–Trinajstić information content (AvgIpc) is 2.72. The van der Waals surface area contributed by atoms with Crippen LogP contribution < -0.4 is 10.2 Å². The van der Waals surface area contributed by atoms with Gasteiger partial charge in [-0.1, -0.05) is 13.8 Å². The first-order valence-corrected chi connectivity index (χ1v) is 8.75. The number of nitrogens with one attached hydrogen (secondary N) is 1. The zero-order valence-corrected chi connectivity index (χ0v) is 15.6. The van der Waals surface area contributed by atoms with Crippen LogP contribution in [0.4, 0.5) is 11.4 Å². The Labute approximate surface area is 157 Å². The highest BCUT2D eigenvalue weighted by Gasteiger charge is 2.31. The van der Waals surface area contributed by atoms with E-state index in [2.05, 4.69) is 19.2 Å². The minimum Gasteiger partial charge on any atom is -0.478 e. The summed E-state index contributed by atoms with van der Waals surface area (Å²) >= 11 is 0. The molecule has 2 amide bonds. The van der Waals surface area contributed by atoms with Gasteiger partial charge in [0.15, 0.2) is 0 Å². The number of benzene rings is 2. The van der Waals surface area contributed by atoms with Crippen LogP contribution in [0.3, 0.4) is 0 Å². The number of hydrogen-bond acceptors (Lipinski definition) is 3. The fourth-order valence-electron chi connectivity index (χ4n) is 3.27. The number of rotatable bonds is 3. The number of anilines is 2. The zero-order valence-electron chi connectivity index (χ0n) is 15.6. The van der Waals surface area contributed by atoms with Crippen LogP contribution in [-0.4, -0.2) is 29.9 Å². The van der Waals surface area contributed by atoms with Crippen LogP contribution in [0.2, 0.25) is 0 Å². The van der Waals surface area contributed by atoms with Gasteiger partial charge in [-0.2, -0.15) is 0 Å². The second-order valence-electron chi connectivity index (χ2n) is 7.41. The lowest BCUT2D eigenvalue weighted by Crippen LogP contribution is -2.25. The summed E-state index contributed by atoms with van der Waals surface area (Å²) in [5, 5.41) is 11.8. The maximum Gasteiger partial charge on any atom is 0.335 e. The highest BCUT2D eigenvalue weighted by Crippen LogP contribution is 2.40. The maximum absolute atomic E-state index is 12.5. The minimum absolute atomic E-state index is 0.0807. The van der Waals surface area contributed by atoms with Crippen molar-refractivity contribution >= 4 is 29.2 Å². The Morgan fingerprint density at radius 1 is 1.07 bits per heavy atom. The molecule has 1 heterocycles. The predicted octanol–water partition coefficient (Wildman–Crippen LogP) is 3.67. The van der Waals surface area contributed by atoms with Crippen molar-refractivity contribution in [1.82, 2.24) is 0 Å². The van der Waals surface area contributed by atoms with Gasteiger partial charge in [-0.15, -0.1) is 0 Å². The summed E-state index contributed by atoms with van der Waals surface area (Å²) in [5.74, 6) is -1.27. The number of hydrogen-bond donors (Lipinski definition) is 2. The van der Waals surface area contributed by atoms with E-state index < -0.39 is 5.97 Å². The number of nitrogens with zero attached hydrogens (tertiary/aromatic N) is 1. The molecule has 0 atom stereocenters. The Morgan fingerprint density at radius 3 is 2.33 bits per heavy atom. The number of amides is 2. The SMILES string of the molecule is CN1C(=O)CCC(C)(C)c2cc(NC(=O)c3ccc(C(=O)O)cc3)ccc21. The number of carbonyl (C=O) groups excluding carboxylic acids is 2. The van der Waals surface area contributed by atoms with Crippen LogP contribution in [0.15, 0.2) is 42.5 Å². The average molecular weight is 366 g/mol. The van der Waals surface area contributed by atoms with Gasteiger partial charge in [-0.3, -0.25) is 9.59 Å². The molecule has 0 unspecified atom stereocenters. The molecule has 0 aliphatic carbocycles. The maximum atomic E-state index is 12.5. The first-order chi connectivity index (χ1) is 12.7.